The van der Waals surface area contributed by atoms with Gasteiger partial charge in [-0.05, 0) is 43.2 Å². The molecule has 0 atom stereocenters. The van der Waals surface area contributed by atoms with Crippen LogP contribution in [0.4, 0.5) is 9.52 Å². The molecule has 6 nitrogen and oxygen atoms in total. The van der Waals surface area contributed by atoms with Gasteiger partial charge in [-0.3, -0.25) is 10.1 Å². The number of sulfonamides is 1. The highest BCUT2D eigenvalue weighted by atomic mass is 32.2. The minimum absolute atomic E-state index is 0.103. The van der Waals surface area contributed by atoms with Gasteiger partial charge in [0.25, 0.3) is 5.91 Å². The summed E-state index contributed by atoms with van der Waals surface area (Å²) in [7, 11) is -3.60. The Hall–Kier alpha value is -2.62. The molecule has 2 aromatic carbocycles. The lowest BCUT2D eigenvalue weighted by atomic mass is 10.2. The lowest BCUT2D eigenvalue weighted by Crippen LogP contribution is -2.28. The molecular weight excluding hydrogens is 413 g/mol. The summed E-state index contributed by atoms with van der Waals surface area (Å²) < 4.78 is 40.2. The number of nitrogens with one attached hydrogen (secondary N) is 1. The predicted molar refractivity (Wildman–Crippen MR) is 110 cm³/mol. The van der Waals surface area contributed by atoms with Crippen LogP contribution in [0.15, 0.2) is 58.8 Å². The van der Waals surface area contributed by atoms with E-state index in [2.05, 4.69) is 10.3 Å². The van der Waals surface area contributed by atoms with Crippen LogP contribution in [0.25, 0.3) is 11.3 Å². The van der Waals surface area contributed by atoms with Gasteiger partial charge in [-0.2, -0.15) is 4.31 Å². The highest BCUT2D eigenvalue weighted by Crippen LogP contribution is 2.26. The summed E-state index contributed by atoms with van der Waals surface area (Å²) in [5, 5.41) is 4.75. The molecule has 4 rings (SSSR count). The standard InChI is InChI=1S/C20H18FN3O3S2/c21-16-7-3-5-14(11-16)18-13-28-20(22-18)23-19(25)15-6-4-8-17(12-15)29(26,27)24-9-1-2-10-24/h3-8,11-13H,1-2,9-10H2,(H,22,23,25). The summed E-state index contributed by atoms with van der Waals surface area (Å²) in [5.41, 5.74) is 1.39. The van der Waals surface area contributed by atoms with Crippen LogP contribution in [0.3, 0.4) is 0 Å². The van der Waals surface area contributed by atoms with Gasteiger partial charge in [-0.25, -0.2) is 17.8 Å². The van der Waals surface area contributed by atoms with Crippen molar-refractivity contribution in [2.24, 2.45) is 0 Å². The SMILES string of the molecule is O=C(Nc1nc(-c2cccc(F)c2)cs1)c1cccc(S(=O)(=O)N2CCCC2)c1. The number of hydrogen-bond donors (Lipinski definition) is 1. The highest BCUT2D eigenvalue weighted by Gasteiger charge is 2.27. The first-order chi connectivity index (χ1) is 13.9. The summed E-state index contributed by atoms with van der Waals surface area (Å²) in [5.74, 6) is -0.819. The molecule has 0 radical (unpaired) electrons. The van der Waals surface area contributed by atoms with E-state index in [4.69, 9.17) is 0 Å². The first-order valence-electron chi connectivity index (χ1n) is 9.06. The molecule has 9 heteroatoms. The second-order valence-corrected chi connectivity index (χ2v) is 9.44. The van der Waals surface area contributed by atoms with Crippen molar-refractivity contribution in [3.05, 3.63) is 65.3 Å². The Labute approximate surface area is 172 Å². The van der Waals surface area contributed by atoms with Crippen molar-refractivity contribution in [2.75, 3.05) is 18.4 Å². The van der Waals surface area contributed by atoms with E-state index in [1.54, 1.807) is 29.6 Å². The van der Waals surface area contributed by atoms with Gasteiger partial charge in [0.1, 0.15) is 5.82 Å². The lowest BCUT2D eigenvalue weighted by molar-refractivity contribution is 0.102. The zero-order chi connectivity index (χ0) is 20.4. The van der Waals surface area contributed by atoms with Gasteiger partial charge in [0, 0.05) is 29.6 Å². The molecule has 1 N–H and O–H groups in total. The number of carbonyl (C=O) groups excluding carboxylic acids is 1. The first-order valence-corrected chi connectivity index (χ1v) is 11.4. The average molecular weight is 432 g/mol. The summed E-state index contributed by atoms with van der Waals surface area (Å²) in [6.07, 6.45) is 1.69. The number of carbonyl (C=O) groups is 1. The van der Waals surface area contributed by atoms with E-state index in [-0.39, 0.29) is 16.3 Å². The quantitative estimate of drug-likeness (QED) is 0.663. The van der Waals surface area contributed by atoms with E-state index < -0.39 is 15.9 Å². The topological polar surface area (TPSA) is 79.4 Å². The Morgan fingerprint density at radius 1 is 1.10 bits per heavy atom. The second-order valence-electron chi connectivity index (χ2n) is 6.64. The fourth-order valence-corrected chi connectivity index (χ4v) is 5.43. The number of halogens is 1. The maximum Gasteiger partial charge on any atom is 0.257 e. The monoisotopic (exact) mass is 431 g/mol. The number of anilines is 1. The van der Waals surface area contributed by atoms with Gasteiger partial charge < -0.3 is 0 Å². The zero-order valence-corrected chi connectivity index (χ0v) is 17.0. The van der Waals surface area contributed by atoms with Crippen molar-refractivity contribution in [3.63, 3.8) is 0 Å². The van der Waals surface area contributed by atoms with Crippen LogP contribution >= 0.6 is 11.3 Å². The molecule has 1 aromatic heterocycles. The Morgan fingerprint density at radius 3 is 2.62 bits per heavy atom. The van der Waals surface area contributed by atoms with E-state index in [0.29, 0.717) is 29.5 Å². The third-order valence-electron chi connectivity index (χ3n) is 4.64. The maximum absolute atomic E-state index is 13.4. The van der Waals surface area contributed by atoms with Crippen LogP contribution in [0.1, 0.15) is 23.2 Å². The van der Waals surface area contributed by atoms with Crippen molar-refractivity contribution >= 4 is 32.4 Å². The van der Waals surface area contributed by atoms with Crippen molar-refractivity contribution in [1.29, 1.82) is 0 Å². The van der Waals surface area contributed by atoms with Gasteiger partial charge in [0.05, 0.1) is 10.6 Å². The van der Waals surface area contributed by atoms with Gasteiger partial charge in [0.15, 0.2) is 5.13 Å². The molecule has 0 saturated carbocycles. The summed E-state index contributed by atoms with van der Waals surface area (Å²) in [4.78, 5) is 17.0. The molecule has 3 aromatic rings. The Kier molecular flexibility index (Phi) is 5.44. The summed E-state index contributed by atoms with van der Waals surface area (Å²) in [6, 6.07) is 12.0. The third kappa shape index (κ3) is 4.21. The minimum Gasteiger partial charge on any atom is -0.298 e. The van der Waals surface area contributed by atoms with E-state index in [1.807, 2.05) is 0 Å². The molecule has 2 heterocycles. The Bertz CT molecular complexity index is 1160. The van der Waals surface area contributed by atoms with Gasteiger partial charge in [-0.15, -0.1) is 11.3 Å². The van der Waals surface area contributed by atoms with E-state index in [1.165, 1.54) is 39.9 Å². The molecule has 1 aliphatic rings. The lowest BCUT2D eigenvalue weighted by Gasteiger charge is -2.15. The van der Waals surface area contributed by atoms with Crippen molar-refractivity contribution in [3.8, 4) is 11.3 Å². The number of nitrogens with zero attached hydrogens (tertiary/aromatic N) is 2. The molecule has 0 aliphatic carbocycles. The number of hydrogen-bond acceptors (Lipinski definition) is 5. The molecule has 29 heavy (non-hydrogen) atoms. The molecule has 1 amide bonds. The molecule has 0 spiro atoms. The molecular formula is C20H18FN3O3S2. The smallest absolute Gasteiger partial charge is 0.257 e. The number of aromatic nitrogens is 1. The van der Waals surface area contributed by atoms with Crippen LogP contribution in [0.5, 0.6) is 0 Å². The van der Waals surface area contributed by atoms with Crippen molar-refractivity contribution in [1.82, 2.24) is 9.29 Å². The molecule has 1 fully saturated rings. The minimum atomic E-state index is -3.60. The molecule has 0 unspecified atom stereocenters. The van der Waals surface area contributed by atoms with E-state index in [0.717, 1.165) is 12.8 Å². The Morgan fingerprint density at radius 2 is 1.86 bits per heavy atom. The van der Waals surface area contributed by atoms with Crippen LogP contribution in [0.2, 0.25) is 0 Å². The van der Waals surface area contributed by atoms with Crippen molar-refractivity contribution < 1.29 is 17.6 Å². The summed E-state index contributed by atoms with van der Waals surface area (Å²) in [6.45, 7) is 1.00. The van der Waals surface area contributed by atoms with Crippen LogP contribution < -0.4 is 5.32 Å². The maximum atomic E-state index is 13.4. The largest absolute Gasteiger partial charge is 0.298 e. The van der Waals surface area contributed by atoms with Crippen LogP contribution in [-0.2, 0) is 10.0 Å². The predicted octanol–water partition coefficient (Wildman–Crippen LogP) is 3.99. The van der Waals surface area contributed by atoms with Crippen LogP contribution in [-0.4, -0.2) is 36.7 Å². The van der Waals surface area contributed by atoms with Gasteiger partial charge in [0.2, 0.25) is 10.0 Å². The van der Waals surface area contributed by atoms with Gasteiger partial charge in [-0.1, -0.05) is 18.2 Å². The number of benzene rings is 2. The zero-order valence-electron chi connectivity index (χ0n) is 15.3. The number of amides is 1. The fraction of sp³-hybridized carbons (Fsp3) is 0.200. The Balaban J connectivity index is 1.52. The third-order valence-corrected chi connectivity index (χ3v) is 7.30. The van der Waals surface area contributed by atoms with E-state index in [9.17, 15) is 17.6 Å². The molecule has 150 valence electrons. The molecule has 1 aliphatic heterocycles. The number of rotatable bonds is 5. The van der Waals surface area contributed by atoms with Crippen LogP contribution in [0, 0.1) is 5.82 Å². The van der Waals surface area contributed by atoms with Crippen molar-refractivity contribution in [2.45, 2.75) is 17.7 Å². The second kappa shape index (κ2) is 8.02. The fourth-order valence-electron chi connectivity index (χ4n) is 3.16. The average Bonchev–Trinajstić information content (AvgIpc) is 3.41. The number of thiazole rings is 1. The highest BCUT2D eigenvalue weighted by molar-refractivity contribution is 7.89. The summed E-state index contributed by atoms with van der Waals surface area (Å²) >= 11 is 1.21. The first kappa shape index (κ1) is 19.7. The molecule has 0 bridgehead atoms. The van der Waals surface area contributed by atoms with Gasteiger partial charge >= 0.3 is 0 Å². The normalized spacial score (nSPS) is 14.8. The van der Waals surface area contributed by atoms with E-state index >= 15 is 0 Å². The molecule has 1 saturated heterocycles.